The lowest BCUT2D eigenvalue weighted by Crippen LogP contribution is -2.37. The maximum absolute atomic E-state index is 5.13. The molecule has 6 nitrogen and oxygen atoms in total. The van der Waals surface area contributed by atoms with Gasteiger partial charge in [-0.2, -0.15) is 0 Å². The van der Waals surface area contributed by atoms with Crippen molar-refractivity contribution < 1.29 is 0 Å². The van der Waals surface area contributed by atoms with E-state index in [1.165, 1.54) is 71.3 Å². The molecule has 6 aliphatic rings. The van der Waals surface area contributed by atoms with E-state index in [-0.39, 0.29) is 19.6 Å². The first-order valence-electron chi connectivity index (χ1n) is 31.1. The lowest BCUT2D eigenvalue weighted by Gasteiger charge is -2.33. The number of unbranched alkanes of at least 4 members (excludes halogenated alkanes) is 1. The van der Waals surface area contributed by atoms with Gasteiger partial charge in [-0.05, 0) is 155 Å². The van der Waals surface area contributed by atoms with Crippen LogP contribution in [0.5, 0.6) is 0 Å². The molecule has 6 heteroatoms. The third kappa shape index (κ3) is 21.4. The zero-order valence-corrected chi connectivity index (χ0v) is 51.9. The van der Waals surface area contributed by atoms with E-state index in [0.29, 0.717) is 18.5 Å². The van der Waals surface area contributed by atoms with Crippen LogP contribution < -0.4 is 10.2 Å². The van der Waals surface area contributed by atoms with Gasteiger partial charge in [0, 0.05) is 53.9 Å². The Labute approximate surface area is 491 Å². The number of nitrogens with zero attached hydrogens (tertiary/aromatic N) is 5. The van der Waals surface area contributed by atoms with Gasteiger partial charge in [0.1, 0.15) is 12.0 Å². The smallest absolute Gasteiger partial charge is 0.154 e. The maximum atomic E-state index is 5.13. The number of benzene rings is 3. The van der Waals surface area contributed by atoms with Crippen molar-refractivity contribution in [3.63, 3.8) is 0 Å². The second-order valence-electron chi connectivity index (χ2n) is 19.9. The fourth-order valence-corrected chi connectivity index (χ4v) is 10.4. The van der Waals surface area contributed by atoms with Crippen LogP contribution >= 0.6 is 0 Å². The molecule has 1 saturated heterocycles. The van der Waals surface area contributed by atoms with Crippen molar-refractivity contribution in [3.05, 3.63) is 198 Å². The summed E-state index contributed by atoms with van der Waals surface area (Å²) in [5.74, 6) is 3.95. The van der Waals surface area contributed by atoms with Crippen LogP contribution in [0, 0.1) is 17.8 Å². The first-order valence-corrected chi connectivity index (χ1v) is 31.1. The Kier molecular flexibility index (Phi) is 35.8. The van der Waals surface area contributed by atoms with Crippen LogP contribution in [0.3, 0.4) is 0 Å². The highest BCUT2D eigenvalue weighted by Crippen LogP contribution is 2.57. The zero-order valence-electron chi connectivity index (χ0n) is 51.9. The Balaban J connectivity index is 0.00000102. The van der Waals surface area contributed by atoms with Crippen molar-refractivity contribution >= 4 is 23.6 Å². The van der Waals surface area contributed by atoms with Crippen LogP contribution in [0.1, 0.15) is 192 Å². The van der Waals surface area contributed by atoms with Gasteiger partial charge in [0.2, 0.25) is 0 Å². The van der Waals surface area contributed by atoms with Crippen LogP contribution in [0.15, 0.2) is 202 Å². The van der Waals surface area contributed by atoms with Crippen molar-refractivity contribution in [3.8, 4) is 11.1 Å². The molecule has 2 heterocycles. The number of nitrogens with one attached hydrogen (secondary N) is 1. The molecule has 80 heavy (non-hydrogen) atoms. The van der Waals surface area contributed by atoms with Crippen molar-refractivity contribution in [2.24, 2.45) is 32.7 Å². The van der Waals surface area contributed by atoms with Gasteiger partial charge >= 0.3 is 0 Å². The Morgan fingerprint density at radius 3 is 2.21 bits per heavy atom. The molecule has 1 saturated carbocycles. The van der Waals surface area contributed by atoms with Gasteiger partial charge in [-0.1, -0.05) is 230 Å². The predicted octanol–water partition coefficient (Wildman–Crippen LogP) is 21.0. The molecule has 2 aliphatic heterocycles. The van der Waals surface area contributed by atoms with Gasteiger partial charge < -0.3 is 9.80 Å². The van der Waals surface area contributed by atoms with Gasteiger partial charge in [0.05, 0.1) is 6.54 Å². The average Bonchev–Trinajstić information content (AvgIpc) is 4.19. The number of anilines is 1. The molecule has 1 N–H and O–H groups in total. The molecule has 2 fully saturated rings. The van der Waals surface area contributed by atoms with Crippen LogP contribution in [0.4, 0.5) is 5.69 Å². The number of rotatable bonds is 16. The summed E-state index contributed by atoms with van der Waals surface area (Å²) in [5, 5.41) is 3.80. The Bertz CT molecular complexity index is 2540. The minimum absolute atomic E-state index is 0. The molecule has 0 aromatic heterocycles. The van der Waals surface area contributed by atoms with E-state index in [0.717, 1.165) is 80.6 Å². The van der Waals surface area contributed by atoms with Crippen molar-refractivity contribution in [1.82, 2.24) is 10.2 Å². The van der Waals surface area contributed by atoms with E-state index in [2.05, 4.69) is 190 Å². The fourth-order valence-electron chi connectivity index (χ4n) is 10.4. The monoisotopic (exact) mass is 1080 g/mol. The molecule has 0 bridgehead atoms. The minimum Gasteiger partial charge on any atom is -0.339 e. The Morgan fingerprint density at radius 2 is 1.55 bits per heavy atom. The minimum atomic E-state index is 0. The van der Waals surface area contributed by atoms with Gasteiger partial charge in [0.25, 0.3) is 0 Å². The molecule has 9 rings (SSSR count). The predicted molar refractivity (Wildman–Crippen MR) is 359 cm³/mol. The van der Waals surface area contributed by atoms with Crippen molar-refractivity contribution in [1.29, 1.82) is 0 Å². The topological polar surface area (TPSA) is 55.6 Å². The first-order chi connectivity index (χ1) is 38.9. The average molecular weight is 1080 g/mol. The Hall–Kier alpha value is -6.11. The van der Waals surface area contributed by atoms with Crippen molar-refractivity contribution in [2.75, 3.05) is 18.0 Å². The molecule has 4 aliphatic carbocycles. The molecule has 0 spiro atoms. The van der Waals surface area contributed by atoms with Crippen LogP contribution in [0.25, 0.3) is 11.1 Å². The normalized spacial score (nSPS) is 21.0. The highest BCUT2D eigenvalue weighted by Gasteiger charge is 2.54. The summed E-state index contributed by atoms with van der Waals surface area (Å²) in [6.07, 6.45) is 44.3. The lowest BCUT2D eigenvalue weighted by atomic mass is 9.84. The SMILES string of the molecule is C.C/C=C\C=C/CC.C=C/C(=C\CCCN1C(=N/C=C\Cc2cccc(N3C4=C(CCC=C4)C4C=CC5CC5C43)c2)CNC1c1ccc(-c2ccccc2)cc1)C(N=CC1=CCCCC1)=NC(C)C.CC.CC.CC.CC.CCC. The molecule has 3 aromatic carbocycles. The van der Waals surface area contributed by atoms with Crippen LogP contribution in [-0.2, 0) is 6.42 Å². The van der Waals surface area contributed by atoms with E-state index < -0.39 is 0 Å². The molecular formula is C74H110N6. The van der Waals surface area contributed by atoms with E-state index in [4.69, 9.17) is 15.0 Å². The number of hydrogen-bond donors (Lipinski definition) is 1. The third-order valence-corrected chi connectivity index (χ3v) is 13.9. The summed E-state index contributed by atoms with van der Waals surface area (Å²) in [6.45, 7) is 34.3. The van der Waals surface area contributed by atoms with Crippen molar-refractivity contribution in [2.45, 2.75) is 200 Å². The number of fused-ring (bicyclic) bond motifs is 4. The van der Waals surface area contributed by atoms with E-state index in [1.807, 2.05) is 93.0 Å². The summed E-state index contributed by atoms with van der Waals surface area (Å²) in [6, 6.07) is 29.6. The molecule has 0 amide bonds. The van der Waals surface area contributed by atoms with Gasteiger partial charge in [0.15, 0.2) is 5.84 Å². The standard InChI is InChI=1S/C55H62N6.C7H12.C3H8.4C2H6.CH4/c1-4-42(54(59-39(2)3)57-37-41-17-7-5-8-18-41)21-13-14-34-60-52(38-58-55(60)45-29-27-44(28-30-45)43-22-9-6-10-23-43)56-33-16-20-40-19-15-24-47(35-40)61-51-26-12-11-25-48(51)49-32-31-46-36-50(46)53(49)61;1-3-5-7-6-4-2;1-3-2;4*1-2;/h4,6,9-10,12,15-17,19,21-24,26-33,35,37,39,46,49-50,53,55,58H,1,5,7-8,11,13-14,18,20,25,34,36,38H2,2-3H3;3,5-7H,4H2,1-2H3;3H2,1-2H3;4*1-2H3;1H4/b33-16-,42-21+,56-52?,57-37?,59-54?;5-3-,7-6-;;;;;;. The highest BCUT2D eigenvalue weighted by molar-refractivity contribution is 6.06. The largest absolute Gasteiger partial charge is 0.339 e. The Morgan fingerprint density at radius 1 is 0.825 bits per heavy atom. The lowest BCUT2D eigenvalue weighted by molar-refractivity contribution is 0.315. The molecule has 3 aromatic rings. The van der Waals surface area contributed by atoms with Crippen LogP contribution in [-0.4, -0.2) is 48.0 Å². The van der Waals surface area contributed by atoms with Crippen LogP contribution in [0.2, 0.25) is 0 Å². The maximum Gasteiger partial charge on any atom is 0.154 e. The molecule has 436 valence electrons. The van der Waals surface area contributed by atoms with Gasteiger partial charge in [-0.25, -0.2) is 9.98 Å². The molecule has 5 atom stereocenters. The van der Waals surface area contributed by atoms with Gasteiger partial charge in [-0.15, -0.1) is 0 Å². The van der Waals surface area contributed by atoms with E-state index in [9.17, 15) is 0 Å². The quantitative estimate of drug-likeness (QED) is 0.0511. The molecule has 5 unspecified atom stereocenters. The summed E-state index contributed by atoms with van der Waals surface area (Å²) in [4.78, 5) is 20.1. The first kappa shape index (κ1) is 70.0. The van der Waals surface area contributed by atoms with Gasteiger partial charge in [-0.3, -0.25) is 10.3 Å². The number of allylic oxidation sites excluding steroid dienone is 11. The summed E-state index contributed by atoms with van der Waals surface area (Å²) in [5.41, 5.74) is 11.8. The highest BCUT2D eigenvalue weighted by atomic mass is 15.4. The second-order valence-corrected chi connectivity index (χ2v) is 19.9. The summed E-state index contributed by atoms with van der Waals surface area (Å²) in [7, 11) is 0. The number of hydrogen-bond acceptors (Lipinski definition) is 4. The fraction of sp³-hybridized carbons (Fsp3) is 0.473. The van der Waals surface area contributed by atoms with E-state index >= 15 is 0 Å². The zero-order chi connectivity index (χ0) is 57.8. The van der Waals surface area contributed by atoms with E-state index in [1.54, 1.807) is 5.57 Å². The molecule has 0 radical (unpaired) electrons. The third-order valence-electron chi connectivity index (χ3n) is 13.9. The number of amidine groups is 2. The summed E-state index contributed by atoms with van der Waals surface area (Å²) < 4.78 is 0. The second kappa shape index (κ2) is 41.0. The number of aliphatic imine (C=N–C) groups is 3. The summed E-state index contributed by atoms with van der Waals surface area (Å²) >= 11 is 0. The molecular weight excluding hydrogens is 973 g/mol.